The third kappa shape index (κ3) is 2.74. The molecule has 1 heterocycles. The molecule has 0 aliphatic carbocycles. The topological polar surface area (TPSA) is 62.1 Å². The Morgan fingerprint density at radius 2 is 1.94 bits per heavy atom. The lowest BCUT2D eigenvalue weighted by Gasteiger charge is -2.33. The summed E-state index contributed by atoms with van der Waals surface area (Å²) in [6.45, 7) is 5.81. The van der Waals surface area contributed by atoms with Crippen molar-refractivity contribution in [3.8, 4) is 0 Å². The molecule has 1 atom stereocenters. The molecule has 0 aromatic heterocycles. The van der Waals surface area contributed by atoms with Gasteiger partial charge in [0.2, 0.25) is 0 Å². The van der Waals surface area contributed by atoms with Crippen LogP contribution in [0.4, 0.5) is 18.0 Å². The van der Waals surface area contributed by atoms with Gasteiger partial charge < -0.3 is 9.84 Å². The highest BCUT2D eigenvalue weighted by Gasteiger charge is 2.63. The molecule has 0 bridgehead atoms. The molecule has 0 aromatic carbocycles. The van der Waals surface area contributed by atoms with E-state index in [1.54, 1.807) is 0 Å². The second-order valence-corrected chi connectivity index (χ2v) is 5.12. The molecular weight excluding hydrogens is 253 g/mol. The number of hydrogen-bond donors (Lipinski definition) is 1. The summed E-state index contributed by atoms with van der Waals surface area (Å²) in [7, 11) is 0. The third-order valence-electron chi connectivity index (χ3n) is 2.14. The fraction of sp³-hybridized carbons (Fsp3) is 0.800. The summed E-state index contributed by atoms with van der Waals surface area (Å²) in [6.07, 6.45) is -7.12. The van der Waals surface area contributed by atoms with Gasteiger partial charge in [-0.15, -0.1) is 0 Å². The minimum atomic E-state index is -5.01. The Morgan fingerprint density at radius 1 is 1.44 bits per heavy atom. The molecule has 0 saturated heterocycles. The highest BCUT2D eigenvalue weighted by Crippen LogP contribution is 2.40. The van der Waals surface area contributed by atoms with Gasteiger partial charge in [0.1, 0.15) is 5.60 Å². The van der Waals surface area contributed by atoms with Crippen LogP contribution in [0.2, 0.25) is 0 Å². The lowest BCUT2D eigenvalue weighted by Crippen LogP contribution is -2.57. The number of nitrogens with zero attached hydrogens (tertiary/aromatic N) is 2. The van der Waals surface area contributed by atoms with Crippen LogP contribution in [-0.4, -0.2) is 39.4 Å². The maximum atomic E-state index is 12.8. The molecule has 5 nitrogen and oxygen atoms in total. The molecule has 1 amide bonds. The van der Waals surface area contributed by atoms with Crippen molar-refractivity contribution in [3.63, 3.8) is 0 Å². The Hall–Kier alpha value is -1.31. The Labute approximate surface area is 102 Å². The minimum Gasteiger partial charge on any atom is -0.442 e. The second kappa shape index (κ2) is 4.11. The molecule has 1 rings (SSSR count). The number of hydrogen-bond acceptors (Lipinski definition) is 4. The van der Waals surface area contributed by atoms with Crippen LogP contribution in [0.3, 0.4) is 0 Å². The molecule has 8 heteroatoms. The summed E-state index contributed by atoms with van der Waals surface area (Å²) in [4.78, 5) is 11.6. The first kappa shape index (κ1) is 14.7. The lowest BCUT2D eigenvalue weighted by molar-refractivity contribution is -0.300. The van der Waals surface area contributed by atoms with Gasteiger partial charge in [-0.3, -0.25) is 0 Å². The zero-order valence-corrected chi connectivity index (χ0v) is 10.5. The maximum Gasteiger partial charge on any atom is 0.439 e. The molecule has 104 valence electrons. The van der Waals surface area contributed by atoms with Crippen LogP contribution in [-0.2, 0) is 4.74 Å². The number of ether oxygens (including phenoxy) is 1. The van der Waals surface area contributed by atoms with E-state index in [9.17, 15) is 23.1 Å². The number of carbonyl (C=O) groups is 1. The molecule has 1 aliphatic heterocycles. The molecule has 0 unspecified atom stereocenters. The molecule has 0 fully saturated rings. The number of halogens is 3. The quantitative estimate of drug-likeness (QED) is 0.733. The Balaban J connectivity index is 3.02. The van der Waals surface area contributed by atoms with Gasteiger partial charge in [-0.2, -0.15) is 23.3 Å². The van der Waals surface area contributed by atoms with Gasteiger partial charge in [-0.25, -0.2) is 4.79 Å². The van der Waals surface area contributed by atoms with Crippen molar-refractivity contribution < 1.29 is 27.8 Å². The van der Waals surface area contributed by atoms with Crippen LogP contribution in [0.1, 0.15) is 34.1 Å². The number of carbonyl (C=O) groups excluding carboxylic acids is 1. The molecular formula is C10H15F3N2O3. The van der Waals surface area contributed by atoms with Crippen molar-refractivity contribution in [2.75, 3.05) is 0 Å². The standard InChI is InChI=1S/C10H15F3N2O3/c1-6-5-9(17,10(11,12)13)15(14-6)7(16)18-8(2,3)4/h17H,5H2,1-4H3/t9-/m0/s1. The van der Waals surface area contributed by atoms with Gasteiger partial charge >= 0.3 is 12.3 Å². The third-order valence-corrected chi connectivity index (χ3v) is 2.14. The maximum absolute atomic E-state index is 12.8. The van der Waals surface area contributed by atoms with Crippen molar-refractivity contribution in [1.29, 1.82) is 0 Å². The van der Waals surface area contributed by atoms with Gasteiger partial charge in [0.15, 0.2) is 0 Å². The smallest absolute Gasteiger partial charge is 0.439 e. The SMILES string of the molecule is CC1=NN(C(=O)OC(C)(C)C)[C@@](O)(C(F)(F)F)C1. The zero-order chi connectivity index (χ0) is 14.4. The predicted octanol–water partition coefficient (Wildman–Crippen LogP) is 2.25. The predicted molar refractivity (Wildman–Crippen MR) is 56.8 cm³/mol. The lowest BCUT2D eigenvalue weighted by atomic mass is 10.1. The number of rotatable bonds is 0. The summed E-state index contributed by atoms with van der Waals surface area (Å²) >= 11 is 0. The first-order valence-corrected chi connectivity index (χ1v) is 5.23. The molecule has 18 heavy (non-hydrogen) atoms. The van der Waals surface area contributed by atoms with Gasteiger partial charge in [-0.05, 0) is 27.7 Å². The Kier molecular flexibility index (Phi) is 3.37. The first-order valence-electron chi connectivity index (χ1n) is 5.23. The van der Waals surface area contributed by atoms with Gasteiger partial charge in [0, 0.05) is 12.1 Å². The molecule has 0 spiro atoms. The number of alkyl halides is 3. The van der Waals surface area contributed by atoms with E-state index in [4.69, 9.17) is 4.74 Å². The monoisotopic (exact) mass is 268 g/mol. The second-order valence-electron chi connectivity index (χ2n) is 5.12. The van der Waals surface area contributed by atoms with Crippen LogP contribution < -0.4 is 0 Å². The van der Waals surface area contributed by atoms with E-state index in [1.165, 1.54) is 27.7 Å². The van der Waals surface area contributed by atoms with Crippen molar-refractivity contribution in [2.45, 2.75) is 51.6 Å². The summed E-state index contributed by atoms with van der Waals surface area (Å²) < 4.78 is 43.1. The van der Waals surface area contributed by atoms with Crippen molar-refractivity contribution in [1.82, 2.24) is 5.01 Å². The van der Waals surface area contributed by atoms with E-state index in [2.05, 4.69) is 5.10 Å². The van der Waals surface area contributed by atoms with Gasteiger partial charge in [-0.1, -0.05) is 0 Å². The van der Waals surface area contributed by atoms with E-state index >= 15 is 0 Å². The Bertz CT molecular complexity index is 387. The highest BCUT2D eigenvalue weighted by molar-refractivity contribution is 5.87. The molecule has 0 saturated carbocycles. The summed E-state index contributed by atoms with van der Waals surface area (Å²) in [6, 6.07) is 0. The van der Waals surface area contributed by atoms with Gasteiger partial charge in [0.25, 0.3) is 5.72 Å². The normalized spacial score (nSPS) is 25.1. The van der Waals surface area contributed by atoms with Crippen molar-refractivity contribution >= 4 is 11.8 Å². The molecule has 1 N–H and O–H groups in total. The van der Waals surface area contributed by atoms with Crippen LogP contribution in [0.25, 0.3) is 0 Å². The minimum absolute atomic E-state index is 0.000634. The average molecular weight is 268 g/mol. The summed E-state index contributed by atoms with van der Waals surface area (Å²) in [5.41, 5.74) is -4.31. The average Bonchev–Trinajstić information content (AvgIpc) is 2.38. The van der Waals surface area contributed by atoms with Crippen LogP contribution >= 0.6 is 0 Å². The van der Waals surface area contributed by atoms with Crippen LogP contribution in [0.15, 0.2) is 5.10 Å². The van der Waals surface area contributed by atoms with Crippen LogP contribution in [0, 0.1) is 0 Å². The first-order chi connectivity index (χ1) is 7.87. The molecule has 1 aliphatic rings. The van der Waals surface area contributed by atoms with Gasteiger partial charge in [0.05, 0.1) is 0 Å². The van der Waals surface area contributed by atoms with E-state index in [1.807, 2.05) is 0 Å². The number of aliphatic hydroxyl groups is 1. The van der Waals surface area contributed by atoms with Crippen LogP contribution in [0.5, 0.6) is 0 Å². The summed E-state index contributed by atoms with van der Waals surface area (Å²) in [5.74, 6) is 0. The Morgan fingerprint density at radius 3 is 2.33 bits per heavy atom. The fourth-order valence-electron chi connectivity index (χ4n) is 1.44. The van der Waals surface area contributed by atoms with Crippen molar-refractivity contribution in [3.05, 3.63) is 0 Å². The largest absolute Gasteiger partial charge is 0.442 e. The van der Waals surface area contributed by atoms with E-state index < -0.39 is 30.0 Å². The number of hydrazone groups is 1. The zero-order valence-electron chi connectivity index (χ0n) is 10.5. The van der Waals surface area contributed by atoms with E-state index in [-0.39, 0.29) is 10.7 Å². The molecule has 0 aromatic rings. The fourth-order valence-corrected chi connectivity index (χ4v) is 1.44. The molecule has 0 radical (unpaired) electrons. The number of amides is 1. The van der Waals surface area contributed by atoms with E-state index in [0.717, 1.165) is 0 Å². The van der Waals surface area contributed by atoms with E-state index in [0.29, 0.717) is 0 Å². The highest BCUT2D eigenvalue weighted by atomic mass is 19.4. The summed E-state index contributed by atoms with van der Waals surface area (Å²) in [5, 5.41) is 13.0. The van der Waals surface area contributed by atoms with Crippen molar-refractivity contribution in [2.24, 2.45) is 5.10 Å².